The number of hydrogen-bond donors (Lipinski definition) is 3. The number of carbonyl (C=O) groups excluding carboxylic acids is 1. The van der Waals surface area contributed by atoms with Crippen molar-refractivity contribution in [1.82, 2.24) is 20.5 Å². The number of nitrogens with zero attached hydrogens (tertiary/aromatic N) is 1. The number of amides is 1. The second kappa shape index (κ2) is 9.65. The number of para-hydroxylation sites is 2. The van der Waals surface area contributed by atoms with Gasteiger partial charge in [0.05, 0.1) is 12.1 Å². The molecule has 178 valence electrons. The Labute approximate surface area is 200 Å². The lowest BCUT2D eigenvalue weighted by Crippen LogP contribution is -2.56. The average Bonchev–Trinajstić information content (AvgIpc) is 3.56. The number of rotatable bonds is 9. The Morgan fingerprint density at radius 1 is 1.21 bits per heavy atom. The lowest BCUT2D eigenvalue weighted by atomic mass is 9.91. The van der Waals surface area contributed by atoms with Crippen LogP contribution in [0, 0.1) is 0 Å². The number of likely N-dealkylation sites (tertiary alicyclic amines) is 1. The Balaban J connectivity index is 1.32. The number of carbonyl (C=O) groups is 1. The number of H-pyrrole nitrogens is 1. The monoisotopic (exact) mass is 458 g/mol. The zero-order chi connectivity index (χ0) is 23.5. The molecular formula is C28H34N4O2. The third-order valence-corrected chi connectivity index (χ3v) is 7.28. The van der Waals surface area contributed by atoms with Crippen molar-refractivity contribution in [3.05, 3.63) is 72.1 Å². The quantitative estimate of drug-likeness (QED) is 0.343. The normalized spacial score (nSPS) is 18.5. The van der Waals surface area contributed by atoms with Crippen LogP contribution in [0.2, 0.25) is 0 Å². The standard InChI is InChI=1S/C28H34N4O2/c1-28(17-21-18-30-25-11-5-4-10-24(21)25,27(33)29-14-13-22-9-7-15-32(22)2)31-19-23-16-20-8-3-6-12-26(20)34-23/h3-6,8,10-12,16,18,22,30-31H,7,9,13-15,17,19H2,1-2H3,(H,29,33). The number of furan rings is 1. The maximum atomic E-state index is 13.5. The third kappa shape index (κ3) is 4.74. The minimum atomic E-state index is -0.786. The molecule has 0 spiro atoms. The van der Waals surface area contributed by atoms with Crippen LogP contribution in [0.15, 0.2) is 65.2 Å². The van der Waals surface area contributed by atoms with Gasteiger partial charge in [-0.25, -0.2) is 0 Å². The van der Waals surface area contributed by atoms with Crippen molar-refractivity contribution in [1.29, 1.82) is 0 Å². The zero-order valence-electron chi connectivity index (χ0n) is 20.1. The van der Waals surface area contributed by atoms with Crippen LogP contribution in [0.3, 0.4) is 0 Å². The molecule has 3 heterocycles. The van der Waals surface area contributed by atoms with Crippen molar-refractivity contribution in [2.75, 3.05) is 20.1 Å². The highest BCUT2D eigenvalue weighted by molar-refractivity contribution is 5.89. The molecule has 2 unspecified atom stereocenters. The van der Waals surface area contributed by atoms with E-state index in [1.807, 2.05) is 55.6 Å². The molecule has 0 bridgehead atoms. The summed E-state index contributed by atoms with van der Waals surface area (Å²) in [4.78, 5) is 19.3. The fraction of sp³-hybridized carbons (Fsp3) is 0.393. The molecule has 6 heteroatoms. The lowest BCUT2D eigenvalue weighted by molar-refractivity contribution is -0.127. The molecule has 3 N–H and O–H groups in total. The molecule has 6 nitrogen and oxygen atoms in total. The summed E-state index contributed by atoms with van der Waals surface area (Å²) >= 11 is 0. The highest BCUT2D eigenvalue weighted by Gasteiger charge is 2.34. The first-order valence-electron chi connectivity index (χ1n) is 12.3. The molecule has 1 aliphatic heterocycles. The average molecular weight is 459 g/mol. The van der Waals surface area contributed by atoms with Gasteiger partial charge in [0.25, 0.3) is 0 Å². The van der Waals surface area contributed by atoms with E-state index in [9.17, 15) is 4.79 Å². The van der Waals surface area contributed by atoms with Gasteiger partial charge < -0.3 is 19.6 Å². The van der Waals surface area contributed by atoms with Gasteiger partial charge in [-0.1, -0.05) is 36.4 Å². The summed E-state index contributed by atoms with van der Waals surface area (Å²) in [6.45, 7) is 4.31. The first-order valence-corrected chi connectivity index (χ1v) is 12.3. The Morgan fingerprint density at radius 3 is 2.85 bits per heavy atom. The molecule has 1 fully saturated rings. The molecule has 1 saturated heterocycles. The highest BCUT2D eigenvalue weighted by Crippen LogP contribution is 2.25. The summed E-state index contributed by atoms with van der Waals surface area (Å²) < 4.78 is 6.00. The molecular weight excluding hydrogens is 424 g/mol. The summed E-state index contributed by atoms with van der Waals surface area (Å²) in [5.41, 5.74) is 2.29. The minimum absolute atomic E-state index is 0.0227. The van der Waals surface area contributed by atoms with E-state index in [0.29, 0.717) is 25.6 Å². The van der Waals surface area contributed by atoms with Gasteiger partial charge in [-0.3, -0.25) is 10.1 Å². The van der Waals surface area contributed by atoms with E-state index in [0.717, 1.165) is 46.2 Å². The highest BCUT2D eigenvalue weighted by atomic mass is 16.3. The summed E-state index contributed by atoms with van der Waals surface area (Å²) in [6.07, 6.45) is 6.03. The number of aromatic nitrogens is 1. The SMILES string of the molecule is CN1CCCC1CCNC(=O)C(C)(Cc1c[nH]c2ccccc12)NCc1cc2ccccc2o1. The van der Waals surface area contributed by atoms with Crippen LogP contribution in [0.5, 0.6) is 0 Å². The van der Waals surface area contributed by atoms with Crippen molar-refractivity contribution in [2.45, 2.75) is 50.7 Å². The third-order valence-electron chi connectivity index (χ3n) is 7.28. The fourth-order valence-corrected chi connectivity index (χ4v) is 5.18. The van der Waals surface area contributed by atoms with Crippen LogP contribution in [0.25, 0.3) is 21.9 Å². The van der Waals surface area contributed by atoms with Gasteiger partial charge in [-0.2, -0.15) is 0 Å². The van der Waals surface area contributed by atoms with Gasteiger partial charge in [-0.05, 0) is 63.5 Å². The van der Waals surface area contributed by atoms with Gasteiger partial charge in [-0.15, -0.1) is 0 Å². The smallest absolute Gasteiger partial charge is 0.240 e. The van der Waals surface area contributed by atoms with Gasteiger partial charge in [0.15, 0.2) is 0 Å². The van der Waals surface area contributed by atoms with Crippen LogP contribution in [-0.2, 0) is 17.8 Å². The molecule has 0 radical (unpaired) electrons. The largest absolute Gasteiger partial charge is 0.460 e. The molecule has 2 aromatic carbocycles. The summed E-state index contributed by atoms with van der Waals surface area (Å²) in [5, 5.41) is 8.98. The molecule has 2 aromatic heterocycles. The van der Waals surface area contributed by atoms with E-state index in [2.05, 4.69) is 39.7 Å². The Kier molecular flexibility index (Phi) is 6.44. The second-order valence-electron chi connectivity index (χ2n) is 9.79. The predicted octanol–water partition coefficient (Wildman–Crippen LogP) is 4.61. The van der Waals surface area contributed by atoms with Crippen molar-refractivity contribution >= 4 is 27.8 Å². The van der Waals surface area contributed by atoms with Crippen LogP contribution in [0.1, 0.15) is 37.5 Å². The first-order chi connectivity index (χ1) is 16.5. The Hall–Kier alpha value is -3.09. The molecule has 2 atom stereocenters. The van der Waals surface area contributed by atoms with E-state index in [4.69, 9.17) is 4.42 Å². The molecule has 0 saturated carbocycles. The van der Waals surface area contributed by atoms with Crippen LogP contribution >= 0.6 is 0 Å². The van der Waals surface area contributed by atoms with Crippen LogP contribution in [0.4, 0.5) is 0 Å². The summed E-state index contributed by atoms with van der Waals surface area (Å²) in [5.74, 6) is 0.848. The number of hydrogen-bond acceptors (Lipinski definition) is 4. The number of benzene rings is 2. The summed E-state index contributed by atoms with van der Waals surface area (Å²) in [6, 6.07) is 18.8. The fourth-order valence-electron chi connectivity index (χ4n) is 5.18. The van der Waals surface area contributed by atoms with Crippen molar-refractivity contribution in [3.63, 3.8) is 0 Å². The number of fused-ring (bicyclic) bond motifs is 2. The van der Waals surface area contributed by atoms with E-state index in [1.54, 1.807) is 0 Å². The minimum Gasteiger partial charge on any atom is -0.460 e. The summed E-state index contributed by atoms with van der Waals surface area (Å²) in [7, 11) is 2.18. The number of aromatic amines is 1. The van der Waals surface area contributed by atoms with Crippen molar-refractivity contribution in [2.24, 2.45) is 0 Å². The van der Waals surface area contributed by atoms with Crippen LogP contribution in [-0.4, -0.2) is 47.5 Å². The first kappa shape index (κ1) is 22.7. The van der Waals surface area contributed by atoms with Crippen LogP contribution < -0.4 is 10.6 Å². The maximum Gasteiger partial charge on any atom is 0.240 e. The number of nitrogens with one attached hydrogen (secondary N) is 3. The lowest BCUT2D eigenvalue weighted by Gasteiger charge is -2.30. The maximum absolute atomic E-state index is 13.5. The Bertz CT molecular complexity index is 1240. The van der Waals surface area contributed by atoms with E-state index in [-0.39, 0.29) is 5.91 Å². The molecule has 4 aromatic rings. The predicted molar refractivity (Wildman–Crippen MR) is 137 cm³/mol. The zero-order valence-corrected chi connectivity index (χ0v) is 20.1. The van der Waals surface area contributed by atoms with E-state index in [1.165, 1.54) is 12.8 Å². The van der Waals surface area contributed by atoms with Gasteiger partial charge >= 0.3 is 0 Å². The molecule has 5 rings (SSSR count). The Morgan fingerprint density at radius 2 is 2.03 bits per heavy atom. The molecule has 1 amide bonds. The van der Waals surface area contributed by atoms with E-state index < -0.39 is 5.54 Å². The molecule has 1 aliphatic rings. The van der Waals surface area contributed by atoms with Gasteiger partial charge in [0.2, 0.25) is 5.91 Å². The second-order valence-corrected chi connectivity index (χ2v) is 9.79. The van der Waals surface area contributed by atoms with E-state index >= 15 is 0 Å². The van der Waals surface area contributed by atoms with Gasteiger partial charge in [0, 0.05) is 41.5 Å². The van der Waals surface area contributed by atoms with Crippen molar-refractivity contribution < 1.29 is 9.21 Å². The van der Waals surface area contributed by atoms with Crippen molar-refractivity contribution in [3.8, 4) is 0 Å². The molecule has 34 heavy (non-hydrogen) atoms. The topological polar surface area (TPSA) is 73.3 Å². The van der Waals surface area contributed by atoms with Gasteiger partial charge in [0.1, 0.15) is 11.3 Å². The molecule has 0 aliphatic carbocycles.